The Bertz CT molecular complexity index is 677. The normalized spacial score (nSPS) is 10.4. The third-order valence-corrected chi connectivity index (χ3v) is 3.74. The van der Waals surface area contributed by atoms with E-state index >= 15 is 0 Å². The molecular weight excluding hydrogens is 274 g/mol. The fourth-order valence-electron chi connectivity index (χ4n) is 2.42. The summed E-state index contributed by atoms with van der Waals surface area (Å²) >= 11 is 0. The molecule has 0 saturated carbocycles. The lowest BCUT2D eigenvalue weighted by atomic mass is 10.1. The van der Waals surface area contributed by atoms with E-state index in [4.69, 9.17) is 4.74 Å². The summed E-state index contributed by atoms with van der Waals surface area (Å²) < 4.78 is 5.48. The topological polar surface area (TPSA) is 38.3 Å². The minimum absolute atomic E-state index is 0.453. The predicted molar refractivity (Wildman–Crippen MR) is 90.8 cm³/mol. The first-order chi connectivity index (χ1) is 10.5. The van der Waals surface area contributed by atoms with Gasteiger partial charge in [-0.05, 0) is 55.5 Å². The van der Waals surface area contributed by atoms with E-state index in [2.05, 4.69) is 25.2 Å². The molecule has 0 heterocycles. The fourth-order valence-corrected chi connectivity index (χ4v) is 2.42. The Morgan fingerprint density at radius 3 is 2.45 bits per heavy atom. The van der Waals surface area contributed by atoms with Crippen molar-refractivity contribution < 1.29 is 9.53 Å². The van der Waals surface area contributed by atoms with Gasteiger partial charge < -0.3 is 4.74 Å². The molecule has 0 saturated heterocycles. The molecule has 1 amide bonds. The Labute approximate surface area is 132 Å². The number of rotatable bonds is 4. The first kappa shape index (κ1) is 16.1. The molecule has 0 atom stereocenters. The van der Waals surface area contributed by atoms with Crippen LogP contribution in [0.4, 0.5) is 10.5 Å². The maximum atomic E-state index is 12.1. The molecule has 0 radical (unpaired) electrons. The van der Waals surface area contributed by atoms with Crippen LogP contribution in [0, 0.1) is 13.8 Å². The van der Waals surface area contributed by atoms with Crippen molar-refractivity contribution in [1.82, 2.24) is 0 Å². The van der Waals surface area contributed by atoms with Crippen LogP contribution >= 0.6 is 0 Å². The summed E-state index contributed by atoms with van der Waals surface area (Å²) in [5.74, 6) is 0.627. The first-order valence-electron chi connectivity index (χ1n) is 7.71. The van der Waals surface area contributed by atoms with Gasteiger partial charge in [0.05, 0.1) is 0 Å². The molecule has 22 heavy (non-hydrogen) atoms. The molecule has 0 unspecified atom stereocenters. The molecule has 0 aliphatic carbocycles. The van der Waals surface area contributed by atoms with E-state index in [-0.39, 0.29) is 0 Å². The molecule has 2 aromatic rings. The highest BCUT2D eigenvalue weighted by Gasteiger charge is 2.10. The monoisotopic (exact) mass is 297 g/mol. The quantitative estimate of drug-likeness (QED) is 0.858. The lowest BCUT2D eigenvalue weighted by molar-refractivity contribution is 0.214. The molecule has 0 bridgehead atoms. The SMILES string of the molecule is CCc1ccc(OC(=O)Nc2ccc(C)cc2C)c(CC)c1. The van der Waals surface area contributed by atoms with E-state index in [1.807, 2.05) is 44.2 Å². The smallest absolute Gasteiger partial charge is 0.410 e. The number of ether oxygens (including phenoxy) is 1. The maximum Gasteiger partial charge on any atom is 0.417 e. The summed E-state index contributed by atoms with van der Waals surface area (Å²) in [6.07, 6.45) is 1.35. The zero-order chi connectivity index (χ0) is 16.1. The Morgan fingerprint density at radius 1 is 1.05 bits per heavy atom. The molecule has 3 heteroatoms. The standard InChI is InChI=1S/C19H23NO2/c1-5-15-8-10-18(16(6-2)12-15)22-19(21)20-17-9-7-13(3)11-14(17)4/h7-12H,5-6H2,1-4H3,(H,20,21). The van der Waals surface area contributed by atoms with E-state index in [0.29, 0.717) is 5.75 Å². The van der Waals surface area contributed by atoms with Crippen molar-refractivity contribution in [2.75, 3.05) is 5.32 Å². The summed E-state index contributed by atoms with van der Waals surface area (Å²) in [7, 11) is 0. The molecular formula is C19H23NO2. The van der Waals surface area contributed by atoms with Gasteiger partial charge in [-0.15, -0.1) is 0 Å². The van der Waals surface area contributed by atoms with Crippen molar-refractivity contribution in [1.29, 1.82) is 0 Å². The van der Waals surface area contributed by atoms with Gasteiger partial charge in [0.1, 0.15) is 5.75 Å². The summed E-state index contributed by atoms with van der Waals surface area (Å²) in [5, 5.41) is 2.80. The number of hydrogen-bond acceptors (Lipinski definition) is 2. The highest BCUT2D eigenvalue weighted by molar-refractivity contribution is 5.87. The van der Waals surface area contributed by atoms with E-state index in [1.165, 1.54) is 11.1 Å². The molecule has 3 nitrogen and oxygen atoms in total. The summed E-state index contributed by atoms with van der Waals surface area (Å²) in [4.78, 5) is 12.1. The summed E-state index contributed by atoms with van der Waals surface area (Å²) in [6.45, 7) is 8.17. The van der Waals surface area contributed by atoms with Crippen LogP contribution in [0.3, 0.4) is 0 Å². The van der Waals surface area contributed by atoms with Crippen molar-refractivity contribution >= 4 is 11.8 Å². The Morgan fingerprint density at radius 2 is 1.82 bits per heavy atom. The second-order valence-electron chi connectivity index (χ2n) is 5.48. The second kappa shape index (κ2) is 7.12. The zero-order valence-corrected chi connectivity index (χ0v) is 13.7. The lowest BCUT2D eigenvalue weighted by Gasteiger charge is -2.12. The zero-order valence-electron chi connectivity index (χ0n) is 13.7. The van der Waals surface area contributed by atoms with Gasteiger partial charge in [-0.1, -0.05) is 43.7 Å². The van der Waals surface area contributed by atoms with Crippen LogP contribution < -0.4 is 10.1 Å². The Kier molecular flexibility index (Phi) is 5.21. The average Bonchev–Trinajstić information content (AvgIpc) is 2.50. The molecule has 0 aliphatic rings. The summed E-state index contributed by atoms with van der Waals surface area (Å²) in [6, 6.07) is 11.9. The van der Waals surface area contributed by atoms with Gasteiger partial charge in [0.15, 0.2) is 0 Å². The predicted octanol–water partition coefficient (Wildman–Crippen LogP) is 5.04. The van der Waals surface area contributed by atoms with Crippen molar-refractivity contribution in [3.63, 3.8) is 0 Å². The van der Waals surface area contributed by atoms with Gasteiger partial charge in [-0.25, -0.2) is 4.79 Å². The van der Waals surface area contributed by atoms with Crippen LogP contribution in [0.15, 0.2) is 36.4 Å². The number of benzene rings is 2. The third kappa shape index (κ3) is 3.88. The number of hydrogen-bond donors (Lipinski definition) is 1. The summed E-state index contributed by atoms with van der Waals surface area (Å²) in [5.41, 5.74) is 5.27. The number of amides is 1. The number of anilines is 1. The van der Waals surface area contributed by atoms with Gasteiger partial charge in [-0.3, -0.25) is 5.32 Å². The van der Waals surface area contributed by atoms with Gasteiger partial charge in [-0.2, -0.15) is 0 Å². The van der Waals surface area contributed by atoms with Crippen molar-refractivity contribution in [2.45, 2.75) is 40.5 Å². The highest BCUT2D eigenvalue weighted by Crippen LogP contribution is 2.22. The molecule has 0 spiro atoms. The van der Waals surface area contributed by atoms with E-state index in [1.54, 1.807) is 0 Å². The van der Waals surface area contributed by atoms with Crippen LogP contribution in [-0.4, -0.2) is 6.09 Å². The first-order valence-corrected chi connectivity index (χ1v) is 7.71. The van der Waals surface area contributed by atoms with Crippen LogP contribution in [0.25, 0.3) is 0 Å². The van der Waals surface area contributed by atoms with Crippen LogP contribution in [0.2, 0.25) is 0 Å². The minimum atomic E-state index is -0.453. The van der Waals surface area contributed by atoms with Crippen molar-refractivity contribution in [3.05, 3.63) is 58.7 Å². The Balaban J connectivity index is 2.12. The van der Waals surface area contributed by atoms with Gasteiger partial charge in [0, 0.05) is 5.69 Å². The molecule has 2 aromatic carbocycles. The van der Waals surface area contributed by atoms with Gasteiger partial charge in [0.2, 0.25) is 0 Å². The highest BCUT2D eigenvalue weighted by atomic mass is 16.6. The Hall–Kier alpha value is -2.29. The number of carbonyl (C=O) groups excluding carboxylic acids is 1. The largest absolute Gasteiger partial charge is 0.417 e. The van der Waals surface area contributed by atoms with Gasteiger partial charge >= 0.3 is 6.09 Å². The van der Waals surface area contributed by atoms with Crippen LogP contribution in [0.5, 0.6) is 5.75 Å². The molecule has 0 aromatic heterocycles. The maximum absolute atomic E-state index is 12.1. The molecule has 2 rings (SSSR count). The minimum Gasteiger partial charge on any atom is -0.410 e. The second-order valence-corrected chi connectivity index (χ2v) is 5.48. The van der Waals surface area contributed by atoms with E-state index < -0.39 is 6.09 Å². The molecule has 116 valence electrons. The average molecular weight is 297 g/mol. The number of carbonyl (C=O) groups is 1. The van der Waals surface area contributed by atoms with E-state index in [0.717, 1.165) is 29.7 Å². The molecule has 1 N–H and O–H groups in total. The fraction of sp³-hybridized carbons (Fsp3) is 0.316. The van der Waals surface area contributed by atoms with Gasteiger partial charge in [0.25, 0.3) is 0 Å². The van der Waals surface area contributed by atoms with Crippen molar-refractivity contribution in [2.24, 2.45) is 0 Å². The number of aryl methyl sites for hydroxylation is 4. The molecule has 0 aliphatic heterocycles. The van der Waals surface area contributed by atoms with Crippen molar-refractivity contribution in [3.8, 4) is 5.75 Å². The number of nitrogens with one attached hydrogen (secondary N) is 1. The van der Waals surface area contributed by atoms with Crippen LogP contribution in [-0.2, 0) is 12.8 Å². The third-order valence-electron chi connectivity index (χ3n) is 3.74. The molecule has 0 fully saturated rings. The van der Waals surface area contributed by atoms with Crippen LogP contribution in [0.1, 0.15) is 36.1 Å². The lowest BCUT2D eigenvalue weighted by Crippen LogP contribution is -2.18. The van der Waals surface area contributed by atoms with E-state index in [9.17, 15) is 4.79 Å².